The fourth-order valence-corrected chi connectivity index (χ4v) is 1.64. The highest BCUT2D eigenvalue weighted by Gasteiger charge is 2.17. The molecule has 0 saturated heterocycles. The van der Waals surface area contributed by atoms with Crippen LogP contribution in [0.2, 0.25) is 0 Å². The van der Waals surface area contributed by atoms with Crippen molar-refractivity contribution in [2.45, 2.75) is 39.2 Å². The van der Waals surface area contributed by atoms with Crippen molar-refractivity contribution in [3.05, 3.63) is 29.8 Å². The lowest BCUT2D eigenvalue weighted by molar-refractivity contribution is -0.121. The van der Waals surface area contributed by atoms with E-state index in [2.05, 4.69) is 10.6 Å². The van der Waals surface area contributed by atoms with Gasteiger partial charge in [0.15, 0.2) is 0 Å². The van der Waals surface area contributed by atoms with Gasteiger partial charge in [-0.3, -0.25) is 10.1 Å². The second-order valence-corrected chi connectivity index (χ2v) is 5.66. The first-order chi connectivity index (χ1) is 10.2. The van der Waals surface area contributed by atoms with E-state index in [1.165, 1.54) is 0 Å². The molecule has 22 heavy (non-hydrogen) atoms. The van der Waals surface area contributed by atoms with Crippen molar-refractivity contribution in [3.63, 3.8) is 0 Å². The molecule has 0 saturated carbocycles. The fourth-order valence-electron chi connectivity index (χ4n) is 1.64. The van der Waals surface area contributed by atoms with E-state index in [4.69, 9.17) is 4.74 Å². The highest BCUT2D eigenvalue weighted by Crippen LogP contribution is 2.17. The average Bonchev–Trinajstić information content (AvgIpc) is 2.36. The minimum absolute atomic E-state index is 0.112. The molecule has 0 spiro atoms. The zero-order valence-electron chi connectivity index (χ0n) is 12.8. The number of benzene rings is 1. The minimum Gasteiger partial charge on any atom is -0.444 e. The Kier molecular flexibility index (Phi) is 6.27. The Balaban J connectivity index is 2.69. The van der Waals surface area contributed by atoms with Crippen LogP contribution in [0, 0.1) is 0 Å². The van der Waals surface area contributed by atoms with Gasteiger partial charge in [-0.15, -0.1) is 0 Å². The van der Waals surface area contributed by atoms with Crippen LogP contribution in [0.5, 0.6) is 0 Å². The lowest BCUT2D eigenvalue weighted by Gasteiger charge is -2.20. The van der Waals surface area contributed by atoms with Gasteiger partial charge >= 0.3 is 6.09 Å². The zero-order chi connectivity index (χ0) is 16.8. The zero-order valence-corrected chi connectivity index (χ0v) is 12.8. The summed E-state index contributed by atoms with van der Waals surface area (Å²) in [5.74, 6) is -0.543. The number of para-hydroxylation sites is 1. The summed E-state index contributed by atoms with van der Waals surface area (Å²) >= 11 is 0. The van der Waals surface area contributed by atoms with E-state index in [-0.39, 0.29) is 6.42 Å². The van der Waals surface area contributed by atoms with Gasteiger partial charge in [-0.1, -0.05) is 18.2 Å². The molecule has 7 heteroatoms. The highest BCUT2D eigenvalue weighted by molar-refractivity contribution is 5.88. The largest absolute Gasteiger partial charge is 0.444 e. The lowest BCUT2D eigenvalue weighted by Crippen LogP contribution is -2.30. The van der Waals surface area contributed by atoms with Crippen LogP contribution in [-0.2, 0) is 16.0 Å². The van der Waals surface area contributed by atoms with E-state index >= 15 is 0 Å². The number of amides is 2. The molecule has 0 aromatic heterocycles. The number of ether oxygens (including phenoxy) is 1. The standard InChI is InChI=1S/C15H20F2N2O3/c1-15(2,3)22-14(21)19-11-7-5-4-6-10(11)8-13(20)18-9-12(16)17/h4-7,12H,8-9H2,1-3H3,(H,18,20)(H,19,21). The van der Waals surface area contributed by atoms with Crippen LogP contribution in [0.4, 0.5) is 19.3 Å². The summed E-state index contributed by atoms with van der Waals surface area (Å²) in [6.07, 6.45) is -3.36. The number of hydrogen-bond acceptors (Lipinski definition) is 3. The van der Waals surface area contributed by atoms with Crippen LogP contribution < -0.4 is 10.6 Å². The van der Waals surface area contributed by atoms with E-state index in [1.54, 1.807) is 45.0 Å². The van der Waals surface area contributed by atoms with E-state index in [9.17, 15) is 18.4 Å². The quantitative estimate of drug-likeness (QED) is 0.878. The number of alkyl halides is 2. The number of rotatable bonds is 5. The predicted molar refractivity (Wildman–Crippen MR) is 79.0 cm³/mol. The van der Waals surface area contributed by atoms with Crippen LogP contribution in [-0.4, -0.2) is 30.6 Å². The molecule has 0 bridgehead atoms. The summed E-state index contributed by atoms with van der Waals surface area (Å²) in [6.45, 7) is 4.50. The van der Waals surface area contributed by atoms with Gasteiger partial charge in [0, 0.05) is 5.69 Å². The second-order valence-electron chi connectivity index (χ2n) is 5.66. The van der Waals surface area contributed by atoms with Gasteiger partial charge in [-0.2, -0.15) is 0 Å². The Morgan fingerprint density at radius 2 is 1.86 bits per heavy atom. The molecular weight excluding hydrogens is 294 g/mol. The van der Waals surface area contributed by atoms with Crippen molar-refractivity contribution >= 4 is 17.7 Å². The van der Waals surface area contributed by atoms with Crippen LogP contribution in [0.3, 0.4) is 0 Å². The molecule has 1 aromatic rings. The number of carbonyl (C=O) groups is 2. The summed E-state index contributed by atoms with van der Waals surface area (Å²) in [6, 6.07) is 6.62. The molecule has 0 heterocycles. The Labute approximate surface area is 128 Å². The first kappa shape index (κ1) is 17.9. The van der Waals surface area contributed by atoms with E-state index < -0.39 is 30.6 Å². The third kappa shape index (κ3) is 7.01. The maximum Gasteiger partial charge on any atom is 0.412 e. The molecule has 122 valence electrons. The van der Waals surface area contributed by atoms with Crippen LogP contribution in [0.1, 0.15) is 26.3 Å². The predicted octanol–water partition coefficient (Wildman–Crippen LogP) is 2.96. The molecule has 1 rings (SSSR count). The summed E-state index contributed by atoms with van der Waals surface area (Å²) in [4.78, 5) is 23.3. The number of halogens is 2. The summed E-state index contributed by atoms with van der Waals surface area (Å²) < 4.78 is 29.2. The van der Waals surface area contributed by atoms with Crippen molar-refractivity contribution in [1.29, 1.82) is 0 Å². The van der Waals surface area contributed by atoms with Gasteiger partial charge in [0.25, 0.3) is 6.43 Å². The normalized spacial score (nSPS) is 11.2. The maximum absolute atomic E-state index is 12.1. The smallest absolute Gasteiger partial charge is 0.412 e. The first-order valence-corrected chi connectivity index (χ1v) is 6.80. The Morgan fingerprint density at radius 3 is 2.45 bits per heavy atom. The lowest BCUT2D eigenvalue weighted by atomic mass is 10.1. The van der Waals surface area contributed by atoms with Gasteiger partial charge in [-0.05, 0) is 32.4 Å². The molecule has 0 aliphatic carbocycles. The van der Waals surface area contributed by atoms with E-state index in [0.717, 1.165) is 0 Å². The number of carbonyl (C=O) groups excluding carboxylic acids is 2. The molecule has 1 aromatic carbocycles. The van der Waals surface area contributed by atoms with Crippen LogP contribution >= 0.6 is 0 Å². The maximum atomic E-state index is 12.1. The van der Waals surface area contributed by atoms with Gasteiger partial charge in [0.2, 0.25) is 5.91 Å². The van der Waals surface area contributed by atoms with Gasteiger partial charge < -0.3 is 10.1 Å². The summed E-state index contributed by atoms with van der Waals surface area (Å²) in [7, 11) is 0. The second kappa shape index (κ2) is 7.72. The Bertz CT molecular complexity index is 528. The molecule has 2 N–H and O–H groups in total. The van der Waals surface area contributed by atoms with Crippen molar-refractivity contribution in [1.82, 2.24) is 5.32 Å². The average molecular weight is 314 g/mol. The third-order valence-corrected chi connectivity index (χ3v) is 2.46. The molecule has 0 aliphatic heterocycles. The number of hydrogen-bond donors (Lipinski definition) is 2. The Hall–Kier alpha value is -2.18. The first-order valence-electron chi connectivity index (χ1n) is 6.80. The van der Waals surface area contributed by atoms with E-state index in [0.29, 0.717) is 11.3 Å². The molecule has 0 radical (unpaired) electrons. The number of anilines is 1. The van der Waals surface area contributed by atoms with Crippen molar-refractivity contribution in [3.8, 4) is 0 Å². The molecule has 0 atom stereocenters. The van der Waals surface area contributed by atoms with Crippen molar-refractivity contribution in [2.24, 2.45) is 0 Å². The van der Waals surface area contributed by atoms with Crippen LogP contribution in [0.15, 0.2) is 24.3 Å². The monoisotopic (exact) mass is 314 g/mol. The highest BCUT2D eigenvalue weighted by atomic mass is 19.3. The molecule has 0 aliphatic rings. The van der Waals surface area contributed by atoms with E-state index in [1.807, 2.05) is 0 Å². The van der Waals surface area contributed by atoms with Gasteiger partial charge in [0.05, 0.1) is 13.0 Å². The molecule has 2 amide bonds. The van der Waals surface area contributed by atoms with Crippen molar-refractivity contribution < 1.29 is 23.1 Å². The fraction of sp³-hybridized carbons (Fsp3) is 0.467. The SMILES string of the molecule is CC(C)(C)OC(=O)Nc1ccccc1CC(=O)NCC(F)F. The topological polar surface area (TPSA) is 67.4 Å². The Morgan fingerprint density at radius 1 is 1.23 bits per heavy atom. The minimum atomic E-state index is -2.60. The molecule has 0 unspecified atom stereocenters. The van der Waals surface area contributed by atoms with Crippen molar-refractivity contribution in [2.75, 3.05) is 11.9 Å². The molecular formula is C15H20F2N2O3. The van der Waals surface area contributed by atoms with Crippen LogP contribution in [0.25, 0.3) is 0 Å². The van der Waals surface area contributed by atoms with Gasteiger partial charge in [-0.25, -0.2) is 13.6 Å². The number of nitrogens with one attached hydrogen (secondary N) is 2. The van der Waals surface area contributed by atoms with Gasteiger partial charge in [0.1, 0.15) is 5.60 Å². The molecule has 0 fully saturated rings. The molecule has 5 nitrogen and oxygen atoms in total. The third-order valence-electron chi connectivity index (χ3n) is 2.46. The summed E-state index contributed by atoms with van der Waals surface area (Å²) in [5, 5.41) is 4.66. The summed E-state index contributed by atoms with van der Waals surface area (Å²) in [5.41, 5.74) is 0.275.